The van der Waals surface area contributed by atoms with Crippen LogP contribution < -0.4 is 0 Å². The Hall–Kier alpha value is -3.14. The molecule has 4 rings (SSSR count). The Kier molecular flexibility index (Phi) is 5.57. The molecule has 1 aromatic carbocycles. The van der Waals surface area contributed by atoms with Crippen molar-refractivity contribution < 1.29 is 17.2 Å². The number of sulfone groups is 1. The van der Waals surface area contributed by atoms with E-state index in [-0.39, 0.29) is 22.6 Å². The molecule has 162 valence electrons. The van der Waals surface area contributed by atoms with Gasteiger partial charge in [-0.25, -0.2) is 27.2 Å². The summed E-state index contributed by atoms with van der Waals surface area (Å²) in [5.74, 6) is -3.27. The van der Waals surface area contributed by atoms with Crippen LogP contribution in [-0.2, 0) is 22.3 Å². The van der Waals surface area contributed by atoms with Crippen molar-refractivity contribution in [2.24, 2.45) is 0 Å². The van der Waals surface area contributed by atoms with E-state index < -0.39 is 22.2 Å². The quantitative estimate of drug-likeness (QED) is 0.439. The maximum atomic E-state index is 14.7. The monoisotopic (exact) mass is 445 g/mol. The number of rotatable bonds is 8. The fourth-order valence-electron chi connectivity index (χ4n) is 3.40. The number of nitrogens with one attached hydrogen (secondary N) is 1. The number of aromatic amines is 1. The summed E-state index contributed by atoms with van der Waals surface area (Å²) in [6, 6.07) is 6.91. The van der Waals surface area contributed by atoms with Crippen LogP contribution in [0, 0.1) is 0 Å². The van der Waals surface area contributed by atoms with E-state index >= 15 is 0 Å². The van der Waals surface area contributed by atoms with Crippen molar-refractivity contribution in [2.75, 3.05) is 5.75 Å². The number of alkyl halides is 2. The Morgan fingerprint density at radius 3 is 2.84 bits per heavy atom. The summed E-state index contributed by atoms with van der Waals surface area (Å²) in [4.78, 5) is 11.4. The molecule has 10 heteroatoms. The highest BCUT2D eigenvalue weighted by molar-refractivity contribution is 7.91. The van der Waals surface area contributed by atoms with Crippen molar-refractivity contribution >= 4 is 20.9 Å². The van der Waals surface area contributed by atoms with Crippen LogP contribution in [0.25, 0.3) is 22.3 Å². The highest BCUT2D eigenvalue weighted by Crippen LogP contribution is 2.34. The molecule has 3 heterocycles. The number of nitrogens with zero attached hydrogens (tertiary/aromatic N) is 4. The minimum atomic E-state index is -3.54. The SMILES string of the molecule is CCS(=O)(=O)c1cccc(C(F)(F)CCCn2cc(-c3ncnc4[nH]ccc34)cn2)c1. The molecule has 0 saturated carbocycles. The summed E-state index contributed by atoms with van der Waals surface area (Å²) in [7, 11) is -3.54. The molecule has 4 aromatic rings. The number of hydrogen-bond acceptors (Lipinski definition) is 5. The van der Waals surface area contributed by atoms with Gasteiger partial charge in [0.05, 0.1) is 22.5 Å². The number of aromatic nitrogens is 5. The minimum Gasteiger partial charge on any atom is -0.346 e. The molecule has 0 fully saturated rings. The Morgan fingerprint density at radius 2 is 2.03 bits per heavy atom. The van der Waals surface area contributed by atoms with Crippen molar-refractivity contribution in [3.63, 3.8) is 0 Å². The van der Waals surface area contributed by atoms with Gasteiger partial charge in [-0.2, -0.15) is 5.10 Å². The standard InChI is InChI=1S/C21H21F2N5O2S/c1-2-31(29,30)17-6-3-5-16(11-17)21(22,23)8-4-10-28-13-15(12-27-28)19-18-7-9-24-20(18)26-14-25-19/h3,5-7,9,11-14H,2,4,8,10H2,1H3,(H,24,25,26). The van der Waals surface area contributed by atoms with Crippen LogP contribution in [0.15, 0.2) is 60.1 Å². The van der Waals surface area contributed by atoms with Crippen molar-refractivity contribution in [1.29, 1.82) is 0 Å². The molecule has 1 N–H and O–H groups in total. The van der Waals surface area contributed by atoms with Gasteiger partial charge in [0.15, 0.2) is 9.84 Å². The van der Waals surface area contributed by atoms with Gasteiger partial charge in [-0.15, -0.1) is 0 Å². The maximum Gasteiger partial charge on any atom is 0.273 e. The molecule has 0 amide bonds. The molecule has 31 heavy (non-hydrogen) atoms. The summed E-state index contributed by atoms with van der Waals surface area (Å²) in [5, 5.41) is 5.11. The molecule has 0 saturated heterocycles. The predicted octanol–water partition coefficient (Wildman–Crippen LogP) is 4.19. The summed E-state index contributed by atoms with van der Waals surface area (Å²) >= 11 is 0. The highest BCUT2D eigenvalue weighted by Gasteiger charge is 2.32. The second-order valence-electron chi connectivity index (χ2n) is 7.19. The Morgan fingerprint density at radius 1 is 1.19 bits per heavy atom. The van der Waals surface area contributed by atoms with Gasteiger partial charge in [0.25, 0.3) is 5.92 Å². The first-order valence-electron chi connectivity index (χ1n) is 9.82. The lowest BCUT2D eigenvalue weighted by atomic mass is 10.0. The van der Waals surface area contributed by atoms with Gasteiger partial charge in [0.1, 0.15) is 12.0 Å². The summed E-state index contributed by atoms with van der Waals surface area (Å²) in [6.07, 6.45) is 6.39. The molecule has 3 aromatic heterocycles. The second-order valence-corrected chi connectivity index (χ2v) is 9.47. The molecule has 0 aliphatic heterocycles. The molecule has 0 radical (unpaired) electrons. The van der Waals surface area contributed by atoms with Gasteiger partial charge >= 0.3 is 0 Å². The Balaban J connectivity index is 1.44. The van der Waals surface area contributed by atoms with Crippen LogP contribution in [0.1, 0.15) is 25.3 Å². The normalized spacial score (nSPS) is 12.5. The predicted molar refractivity (Wildman–Crippen MR) is 112 cm³/mol. The van der Waals surface area contributed by atoms with Crippen LogP contribution in [0.2, 0.25) is 0 Å². The third kappa shape index (κ3) is 4.34. The van der Waals surface area contributed by atoms with Crippen LogP contribution >= 0.6 is 0 Å². The zero-order valence-corrected chi connectivity index (χ0v) is 17.6. The first kappa shape index (κ1) is 21.1. The van der Waals surface area contributed by atoms with Gasteiger partial charge in [-0.05, 0) is 24.6 Å². The highest BCUT2D eigenvalue weighted by atomic mass is 32.2. The summed E-state index contributed by atoms with van der Waals surface area (Å²) < 4.78 is 55.0. The van der Waals surface area contributed by atoms with Crippen LogP contribution in [-0.4, -0.2) is 38.9 Å². The summed E-state index contributed by atoms with van der Waals surface area (Å²) in [5.41, 5.74) is 1.91. The van der Waals surface area contributed by atoms with Crippen molar-refractivity contribution in [3.05, 3.63) is 60.8 Å². The number of hydrogen-bond donors (Lipinski definition) is 1. The molecule has 0 bridgehead atoms. The van der Waals surface area contributed by atoms with E-state index in [2.05, 4.69) is 20.1 Å². The van der Waals surface area contributed by atoms with E-state index in [1.807, 2.05) is 6.07 Å². The average Bonchev–Trinajstić information content (AvgIpc) is 3.43. The fraction of sp³-hybridized carbons (Fsp3) is 0.286. The van der Waals surface area contributed by atoms with E-state index in [1.165, 1.54) is 31.5 Å². The maximum absolute atomic E-state index is 14.7. The van der Waals surface area contributed by atoms with E-state index in [0.717, 1.165) is 22.7 Å². The van der Waals surface area contributed by atoms with E-state index in [0.29, 0.717) is 12.2 Å². The molecule has 0 unspecified atom stereocenters. The van der Waals surface area contributed by atoms with Crippen molar-refractivity contribution in [1.82, 2.24) is 24.7 Å². The lowest BCUT2D eigenvalue weighted by Crippen LogP contribution is -2.16. The molecule has 0 aliphatic carbocycles. The van der Waals surface area contributed by atoms with Crippen molar-refractivity contribution in [3.8, 4) is 11.3 Å². The average molecular weight is 445 g/mol. The molecular formula is C21H21F2N5O2S. The van der Waals surface area contributed by atoms with Gasteiger partial charge in [0, 0.05) is 41.9 Å². The fourth-order valence-corrected chi connectivity index (χ4v) is 4.33. The molecule has 0 atom stereocenters. The van der Waals surface area contributed by atoms with Gasteiger partial charge in [-0.3, -0.25) is 4.68 Å². The van der Waals surface area contributed by atoms with E-state index in [9.17, 15) is 17.2 Å². The van der Waals surface area contributed by atoms with Crippen LogP contribution in [0.4, 0.5) is 8.78 Å². The smallest absolute Gasteiger partial charge is 0.273 e. The minimum absolute atomic E-state index is 0.0789. The van der Waals surface area contributed by atoms with Gasteiger partial charge in [0.2, 0.25) is 0 Å². The molecule has 0 spiro atoms. The second kappa shape index (κ2) is 8.18. The molecular weight excluding hydrogens is 424 g/mol. The van der Waals surface area contributed by atoms with Crippen LogP contribution in [0.5, 0.6) is 0 Å². The van der Waals surface area contributed by atoms with Gasteiger partial charge in [-0.1, -0.05) is 19.1 Å². The number of aryl methyl sites for hydroxylation is 1. The number of halogens is 2. The molecule has 7 nitrogen and oxygen atoms in total. The lowest BCUT2D eigenvalue weighted by molar-refractivity contribution is -0.0166. The number of benzene rings is 1. The van der Waals surface area contributed by atoms with E-state index in [4.69, 9.17) is 0 Å². The Bertz CT molecular complexity index is 1310. The first-order valence-corrected chi connectivity index (χ1v) is 11.5. The first-order chi connectivity index (χ1) is 14.8. The topological polar surface area (TPSA) is 93.5 Å². The largest absolute Gasteiger partial charge is 0.346 e. The molecule has 0 aliphatic rings. The van der Waals surface area contributed by atoms with Crippen molar-refractivity contribution in [2.45, 2.75) is 37.1 Å². The third-order valence-electron chi connectivity index (χ3n) is 5.13. The Labute approximate surface area is 178 Å². The van der Waals surface area contributed by atoms with Gasteiger partial charge < -0.3 is 4.98 Å². The lowest BCUT2D eigenvalue weighted by Gasteiger charge is -2.17. The zero-order valence-electron chi connectivity index (χ0n) is 16.8. The third-order valence-corrected chi connectivity index (χ3v) is 6.87. The van der Waals surface area contributed by atoms with Crippen LogP contribution in [0.3, 0.4) is 0 Å². The number of fused-ring (bicyclic) bond motifs is 1. The number of H-pyrrole nitrogens is 1. The van der Waals surface area contributed by atoms with E-state index in [1.54, 1.807) is 23.3 Å². The summed E-state index contributed by atoms with van der Waals surface area (Å²) in [6.45, 7) is 1.78. The zero-order chi connectivity index (χ0) is 22.1.